The van der Waals surface area contributed by atoms with Gasteiger partial charge in [0.25, 0.3) is 0 Å². The van der Waals surface area contributed by atoms with Gasteiger partial charge in [-0.05, 0) is 24.1 Å². The number of pyridine rings is 1. The molecule has 0 aromatic carbocycles. The number of nitrogens with zero attached hydrogens (tertiary/aromatic N) is 3. The van der Waals surface area contributed by atoms with Gasteiger partial charge in [-0.3, -0.25) is 4.98 Å². The van der Waals surface area contributed by atoms with E-state index in [4.69, 9.17) is 0 Å². The van der Waals surface area contributed by atoms with Gasteiger partial charge in [-0.2, -0.15) is 18.2 Å². The summed E-state index contributed by atoms with van der Waals surface area (Å²) in [4.78, 5) is 11.2. The second-order valence-electron chi connectivity index (χ2n) is 4.24. The number of nitrogens with one attached hydrogen (secondary N) is 2. The average Bonchev–Trinajstić information content (AvgIpc) is 2.47. The van der Waals surface area contributed by atoms with Crippen molar-refractivity contribution in [2.45, 2.75) is 12.6 Å². The molecule has 2 aromatic rings. The van der Waals surface area contributed by atoms with Crippen molar-refractivity contribution in [3.05, 3.63) is 41.9 Å². The standard InChI is InChI=1S/C13H14F3N5/c1-17-12-20-10(13(14,15)16)8-11(21-12)19-7-4-9-2-5-18-6-3-9/h2-3,5-6,8H,4,7H2,1H3,(H2,17,19,20,21). The normalized spacial score (nSPS) is 11.2. The van der Waals surface area contributed by atoms with E-state index in [1.54, 1.807) is 12.4 Å². The minimum Gasteiger partial charge on any atom is -0.370 e. The Kier molecular flexibility index (Phi) is 4.56. The van der Waals surface area contributed by atoms with E-state index in [2.05, 4.69) is 25.6 Å². The Morgan fingerprint density at radius 3 is 2.48 bits per heavy atom. The molecule has 2 heterocycles. The smallest absolute Gasteiger partial charge is 0.370 e. The molecule has 2 rings (SSSR count). The Morgan fingerprint density at radius 2 is 1.86 bits per heavy atom. The van der Waals surface area contributed by atoms with Crippen LogP contribution in [0.3, 0.4) is 0 Å². The van der Waals surface area contributed by atoms with Crippen LogP contribution in [0.1, 0.15) is 11.3 Å². The summed E-state index contributed by atoms with van der Waals surface area (Å²) in [5, 5.41) is 5.39. The summed E-state index contributed by atoms with van der Waals surface area (Å²) in [7, 11) is 1.47. The van der Waals surface area contributed by atoms with Crippen molar-refractivity contribution in [3.8, 4) is 0 Å². The van der Waals surface area contributed by atoms with Crippen molar-refractivity contribution >= 4 is 11.8 Å². The molecule has 0 aliphatic heterocycles. The third kappa shape index (κ3) is 4.30. The van der Waals surface area contributed by atoms with E-state index in [0.29, 0.717) is 13.0 Å². The van der Waals surface area contributed by atoms with Crippen molar-refractivity contribution < 1.29 is 13.2 Å². The van der Waals surface area contributed by atoms with Crippen LogP contribution >= 0.6 is 0 Å². The molecule has 0 saturated carbocycles. The lowest BCUT2D eigenvalue weighted by atomic mass is 10.2. The minimum absolute atomic E-state index is 0.0729. The zero-order valence-corrected chi connectivity index (χ0v) is 11.3. The molecule has 0 amide bonds. The molecular weight excluding hydrogens is 283 g/mol. The van der Waals surface area contributed by atoms with E-state index >= 15 is 0 Å². The Hall–Kier alpha value is -2.38. The molecule has 5 nitrogen and oxygen atoms in total. The Balaban J connectivity index is 2.05. The van der Waals surface area contributed by atoms with Crippen molar-refractivity contribution in [1.82, 2.24) is 15.0 Å². The number of hydrogen-bond donors (Lipinski definition) is 2. The molecule has 0 atom stereocenters. The van der Waals surface area contributed by atoms with Crippen LogP contribution in [0.2, 0.25) is 0 Å². The highest BCUT2D eigenvalue weighted by Crippen LogP contribution is 2.29. The molecular formula is C13H14F3N5. The summed E-state index contributed by atoms with van der Waals surface area (Å²) in [6.45, 7) is 0.460. The van der Waals surface area contributed by atoms with Crippen molar-refractivity contribution in [1.29, 1.82) is 0 Å². The number of rotatable bonds is 5. The maximum atomic E-state index is 12.7. The van der Waals surface area contributed by atoms with E-state index in [0.717, 1.165) is 11.6 Å². The first-order valence-corrected chi connectivity index (χ1v) is 6.26. The predicted molar refractivity (Wildman–Crippen MR) is 73.0 cm³/mol. The summed E-state index contributed by atoms with van der Waals surface area (Å²) in [5.41, 5.74) is 0.0599. The van der Waals surface area contributed by atoms with Crippen molar-refractivity contribution in [3.63, 3.8) is 0 Å². The molecule has 2 aromatic heterocycles. The summed E-state index contributed by atoms with van der Waals surface area (Å²) in [6, 6.07) is 4.59. The van der Waals surface area contributed by atoms with Crippen LogP contribution in [0.15, 0.2) is 30.6 Å². The quantitative estimate of drug-likeness (QED) is 0.888. The first-order chi connectivity index (χ1) is 9.99. The van der Waals surface area contributed by atoms with Gasteiger partial charge in [0.2, 0.25) is 5.95 Å². The van der Waals surface area contributed by atoms with Crippen molar-refractivity contribution in [2.75, 3.05) is 24.2 Å². The molecule has 112 valence electrons. The highest BCUT2D eigenvalue weighted by atomic mass is 19.4. The third-order valence-electron chi connectivity index (χ3n) is 2.71. The zero-order valence-electron chi connectivity index (χ0n) is 11.3. The fourth-order valence-corrected chi connectivity index (χ4v) is 1.68. The molecule has 0 saturated heterocycles. The van der Waals surface area contributed by atoms with Gasteiger partial charge >= 0.3 is 6.18 Å². The van der Waals surface area contributed by atoms with Crippen LogP contribution < -0.4 is 10.6 Å². The Morgan fingerprint density at radius 1 is 1.14 bits per heavy atom. The maximum Gasteiger partial charge on any atom is 0.433 e. The van der Waals surface area contributed by atoms with Gasteiger partial charge in [-0.25, -0.2) is 4.98 Å². The summed E-state index contributed by atoms with van der Waals surface area (Å²) >= 11 is 0. The minimum atomic E-state index is -4.50. The third-order valence-corrected chi connectivity index (χ3v) is 2.71. The molecule has 21 heavy (non-hydrogen) atoms. The first-order valence-electron chi connectivity index (χ1n) is 6.26. The van der Waals surface area contributed by atoms with Gasteiger partial charge < -0.3 is 10.6 Å². The maximum absolute atomic E-state index is 12.7. The molecule has 0 aliphatic carbocycles. The van der Waals surface area contributed by atoms with Crippen LogP contribution in [0.5, 0.6) is 0 Å². The van der Waals surface area contributed by atoms with Crippen LogP contribution in [0, 0.1) is 0 Å². The molecule has 0 spiro atoms. The van der Waals surface area contributed by atoms with Crippen LogP contribution in [-0.2, 0) is 12.6 Å². The molecule has 8 heteroatoms. The van der Waals surface area contributed by atoms with Gasteiger partial charge in [-0.15, -0.1) is 0 Å². The van der Waals surface area contributed by atoms with E-state index < -0.39 is 11.9 Å². The number of anilines is 2. The molecule has 2 N–H and O–H groups in total. The predicted octanol–water partition coefficient (Wildman–Crippen LogP) is 2.59. The van der Waals surface area contributed by atoms with Gasteiger partial charge in [0.1, 0.15) is 5.82 Å². The van der Waals surface area contributed by atoms with E-state index in [1.807, 2.05) is 12.1 Å². The highest BCUT2D eigenvalue weighted by Gasteiger charge is 2.33. The monoisotopic (exact) mass is 297 g/mol. The second-order valence-corrected chi connectivity index (χ2v) is 4.24. The molecule has 0 radical (unpaired) electrons. The lowest BCUT2D eigenvalue weighted by Crippen LogP contribution is -2.14. The lowest BCUT2D eigenvalue weighted by Gasteiger charge is -2.11. The zero-order chi connectivity index (χ0) is 15.3. The van der Waals surface area contributed by atoms with E-state index in [1.165, 1.54) is 7.05 Å². The van der Waals surface area contributed by atoms with E-state index in [-0.39, 0.29) is 11.8 Å². The van der Waals surface area contributed by atoms with Gasteiger partial charge in [0.15, 0.2) is 5.69 Å². The number of aromatic nitrogens is 3. The highest BCUT2D eigenvalue weighted by molar-refractivity contribution is 5.43. The number of hydrogen-bond acceptors (Lipinski definition) is 5. The lowest BCUT2D eigenvalue weighted by molar-refractivity contribution is -0.141. The Labute approximate surface area is 119 Å². The van der Waals surface area contributed by atoms with Gasteiger partial charge in [-0.1, -0.05) is 0 Å². The van der Waals surface area contributed by atoms with Crippen LogP contribution in [-0.4, -0.2) is 28.5 Å². The second kappa shape index (κ2) is 6.38. The SMILES string of the molecule is CNc1nc(NCCc2ccncc2)cc(C(F)(F)F)n1. The fourth-order valence-electron chi connectivity index (χ4n) is 1.68. The van der Waals surface area contributed by atoms with Crippen molar-refractivity contribution in [2.24, 2.45) is 0 Å². The largest absolute Gasteiger partial charge is 0.433 e. The van der Waals surface area contributed by atoms with Crippen LogP contribution in [0.25, 0.3) is 0 Å². The van der Waals surface area contributed by atoms with Gasteiger partial charge in [0.05, 0.1) is 0 Å². The summed E-state index contributed by atoms with van der Waals surface area (Å²) in [5.74, 6) is 0.0620. The number of alkyl halides is 3. The summed E-state index contributed by atoms with van der Waals surface area (Å²) < 4.78 is 38.2. The molecule has 0 bridgehead atoms. The molecule has 0 unspecified atom stereocenters. The van der Waals surface area contributed by atoms with E-state index in [9.17, 15) is 13.2 Å². The average molecular weight is 297 g/mol. The fraction of sp³-hybridized carbons (Fsp3) is 0.308. The van der Waals surface area contributed by atoms with Crippen LogP contribution in [0.4, 0.5) is 24.9 Å². The molecule has 0 fully saturated rings. The number of halogens is 3. The molecule has 0 aliphatic rings. The van der Waals surface area contributed by atoms with Gasteiger partial charge in [0, 0.05) is 32.1 Å². The Bertz CT molecular complexity index is 586. The topological polar surface area (TPSA) is 62.7 Å². The first kappa shape index (κ1) is 15.0. The summed E-state index contributed by atoms with van der Waals surface area (Å²) in [6.07, 6.45) is -0.513.